The number of anilines is 2. The Hall–Kier alpha value is -2.49. The average Bonchev–Trinajstić information content (AvgIpc) is 2.67. The van der Waals surface area contributed by atoms with E-state index >= 15 is 0 Å². The van der Waals surface area contributed by atoms with E-state index in [1.54, 1.807) is 0 Å². The van der Waals surface area contributed by atoms with Gasteiger partial charge in [0, 0.05) is 58.1 Å². The van der Waals surface area contributed by atoms with Crippen molar-refractivity contribution in [1.82, 2.24) is 4.90 Å². The number of piperazine rings is 1. The van der Waals surface area contributed by atoms with Gasteiger partial charge < -0.3 is 14.7 Å². The Morgan fingerprint density at radius 3 is 2.16 bits per heavy atom. The van der Waals surface area contributed by atoms with E-state index < -0.39 is 0 Å². The van der Waals surface area contributed by atoms with Crippen LogP contribution in [-0.2, 0) is 11.2 Å². The van der Waals surface area contributed by atoms with Gasteiger partial charge in [0.2, 0.25) is 5.91 Å². The fourth-order valence-corrected chi connectivity index (χ4v) is 3.23. The minimum Gasteiger partial charge on any atom is -0.378 e. The van der Waals surface area contributed by atoms with Gasteiger partial charge in [0.1, 0.15) is 0 Å². The molecule has 0 radical (unpaired) electrons. The van der Waals surface area contributed by atoms with Crippen LogP contribution in [0, 0.1) is 0 Å². The fraction of sp³-hybridized carbons (Fsp3) is 0.381. The van der Waals surface area contributed by atoms with Gasteiger partial charge >= 0.3 is 0 Å². The lowest BCUT2D eigenvalue weighted by molar-refractivity contribution is -0.131. The molecule has 0 N–H and O–H groups in total. The van der Waals surface area contributed by atoms with Crippen molar-refractivity contribution in [2.45, 2.75) is 12.8 Å². The molecule has 25 heavy (non-hydrogen) atoms. The molecule has 4 nitrogen and oxygen atoms in total. The summed E-state index contributed by atoms with van der Waals surface area (Å²) in [5, 5.41) is 0. The molecule has 1 saturated heterocycles. The van der Waals surface area contributed by atoms with Crippen molar-refractivity contribution in [2.24, 2.45) is 0 Å². The molecule has 4 heteroatoms. The van der Waals surface area contributed by atoms with E-state index in [0.29, 0.717) is 6.42 Å². The Morgan fingerprint density at radius 1 is 0.920 bits per heavy atom. The molecule has 0 aromatic heterocycles. The first-order valence-electron chi connectivity index (χ1n) is 8.97. The fourth-order valence-electron chi connectivity index (χ4n) is 3.23. The summed E-state index contributed by atoms with van der Waals surface area (Å²) < 4.78 is 0. The molecule has 0 saturated carbocycles. The highest BCUT2D eigenvalue weighted by Crippen LogP contribution is 2.21. The van der Waals surface area contributed by atoms with E-state index in [4.69, 9.17) is 0 Å². The first-order valence-corrected chi connectivity index (χ1v) is 8.97. The summed E-state index contributed by atoms with van der Waals surface area (Å²) in [6.07, 6.45) is 1.42. The second kappa shape index (κ2) is 8.06. The van der Waals surface area contributed by atoms with Gasteiger partial charge in [-0.05, 0) is 36.2 Å². The van der Waals surface area contributed by atoms with Crippen molar-refractivity contribution >= 4 is 17.3 Å². The Kier molecular flexibility index (Phi) is 5.59. The third-order valence-corrected chi connectivity index (χ3v) is 4.83. The van der Waals surface area contributed by atoms with Crippen molar-refractivity contribution in [2.75, 3.05) is 50.1 Å². The molecule has 1 aliphatic heterocycles. The molecule has 0 aliphatic carbocycles. The Labute approximate surface area is 150 Å². The minimum absolute atomic E-state index is 0.270. The van der Waals surface area contributed by atoms with Gasteiger partial charge in [-0.2, -0.15) is 0 Å². The molecule has 2 aromatic carbocycles. The summed E-state index contributed by atoms with van der Waals surface area (Å²) in [6.45, 7) is 3.42. The maximum atomic E-state index is 12.4. The highest BCUT2D eigenvalue weighted by atomic mass is 16.2. The zero-order valence-electron chi connectivity index (χ0n) is 15.2. The smallest absolute Gasteiger partial charge is 0.223 e. The molecule has 0 spiro atoms. The van der Waals surface area contributed by atoms with E-state index in [-0.39, 0.29) is 5.91 Å². The van der Waals surface area contributed by atoms with Crippen LogP contribution in [0.4, 0.5) is 11.4 Å². The summed E-state index contributed by atoms with van der Waals surface area (Å²) in [4.78, 5) is 18.9. The van der Waals surface area contributed by atoms with Crippen molar-refractivity contribution in [3.63, 3.8) is 0 Å². The third-order valence-electron chi connectivity index (χ3n) is 4.83. The van der Waals surface area contributed by atoms with E-state index in [1.807, 2.05) is 23.1 Å². The third kappa shape index (κ3) is 4.53. The van der Waals surface area contributed by atoms with E-state index in [2.05, 4.69) is 60.3 Å². The van der Waals surface area contributed by atoms with E-state index in [9.17, 15) is 4.79 Å². The number of benzene rings is 2. The SMILES string of the molecule is CN(C)c1ccc(N2CCN(C(=O)CCc3ccccc3)CC2)cc1. The summed E-state index contributed by atoms with van der Waals surface area (Å²) >= 11 is 0. The largest absolute Gasteiger partial charge is 0.378 e. The van der Waals surface area contributed by atoms with Crippen LogP contribution in [0.1, 0.15) is 12.0 Å². The van der Waals surface area contributed by atoms with Crippen LogP contribution in [0.3, 0.4) is 0 Å². The predicted octanol–water partition coefficient (Wildman–Crippen LogP) is 3.03. The van der Waals surface area contributed by atoms with Crippen LogP contribution < -0.4 is 9.80 Å². The average molecular weight is 337 g/mol. The summed E-state index contributed by atoms with van der Waals surface area (Å²) in [7, 11) is 4.10. The second-order valence-electron chi connectivity index (χ2n) is 6.76. The molecule has 0 unspecified atom stereocenters. The summed E-state index contributed by atoms with van der Waals surface area (Å²) in [5.74, 6) is 0.270. The lowest BCUT2D eigenvalue weighted by atomic mass is 10.1. The highest BCUT2D eigenvalue weighted by molar-refractivity contribution is 5.76. The van der Waals surface area contributed by atoms with Crippen molar-refractivity contribution in [1.29, 1.82) is 0 Å². The minimum atomic E-state index is 0.270. The van der Waals surface area contributed by atoms with Crippen LogP contribution in [0.25, 0.3) is 0 Å². The van der Waals surface area contributed by atoms with Crippen LogP contribution >= 0.6 is 0 Å². The number of nitrogens with zero attached hydrogens (tertiary/aromatic N) is 3. The van der Waals surface area contributed by atoms with Gasteiger partial charge in [0.05, 0.1) is 0 Å². The number of amides is 1. The zero-order valence-corrected chi connectivity index (χ0v) is 15.2. The van der Waals surface area contributed by atoms with Crippen molar-refractivity contribution in [3.05, 3.63) is 60.2 Å². The van der Waals surface area contributed by atoms with Crippen LogP contribution in [0.2, 0.25) is 0 Å². The zero-order chi connectivity index (χ0) is 17.6. The first kappa shape index (κ1) is 17.3. The van der Waals surface area contributed by atoms with Crippen LogP contribution in [0.15, 0.2) is 54.6 Å². The first-order chi connectivity index (χ1) is 12.1. The Balaban J connectivity index is 1.48. The molecule has 1 aliphatic rings. The van der Waals surface area contributed by atoms with Crippen LogP contribution in [0.5, 0.6) is 0 Å². The van der Waals surface area contributed by atoms with Crippen molar-refractivity contribution in [3.8, 4) is 0 Å². The lowest BCUT2D eigenvalue weighted by Gasteiger charge is -2.36. The molecular formula is C21H27N3O. The topological polar surface area (TPSA) is 26.8 Å². The Morgan fingerprint density at radius 2 is 1.56 bits per heavy atom. The molecule has 1 heterocycles. The number of carbonyl (C=O) groups is 1. The quantitative estimate of drug-likeness (QED) is 0.839. The molecule has 2 aromatic rings. The number of hydrogen-bond acceptors (Lipinski definition) is 3. The van der Waals surface area contributed by atoms with E-state index in [1.165, 1.54) is 16.9 Å². The Bertz CT molecular complexity index is 674. The second-order valence-corrected chi connectivity index (χ2v) is 6.76. The van der Waals surface area contributed by atoms with Gasteiger partial charge in [-0.1, -0.05) is 30.3 Å². The number of rotatable bonds is 5. The number of carbonyl (C=O) groups excluding carboxylic acids is 1. The summed E-state index contributed by atoms with van der Waals surface area (Å²) in [5.41, 5.74) is 3.68. The molecular weight excluding hydrogens is 310 g/mol. The molecule has 1 amide bonds. The van der Waals surface area contributed by atoms with Gasteiger partial charge in [0.25, 0.3) is 0 Å². The molecule has 132 valence electrons. The maximum Gasteiger partial charge on any atom is 0.223 e. The standard InChI is InChI=1S/C21H27N3O/c1-22(2)19-9-11-20(12-10-19)23-14-16-24(17-15-23)21(25)13-8-18-6-4-3-5-7-18/h3-7,9-12H,8,13-17H2,1-2H3. The van der Waals surface area contributed by atoms with Gasteiger partial charge in [-0.15, -0.1) is 0 Å². The number of hydrogen-bond donors (Lipinski definition) is 0. The monoisotopic (exact) mass is 337 g/mol. The number of aryl methyl sites for hydroxylation is 1. The van der Waals surface area contributed by atoms with Crippen LogP contribution in [-0.4, -0.2) is 51.1 Å². The van der Waals surface area contributed by atoms with Gasteiger partial charge in [-0.3, -0.25) is 4.79 Å². The molecule has 1 fully saturated rings. The lowest BCUT2D eigenvalue weighted by Crippen LogP contribution is -2.48. The molecule has 3 rings (SSSR count). The predicted molar refractivity (Wildman–Crippen MR) is 104 cm³/mol. The maximum absolute atomic E-state index is 12.4. The molecule has 0 atom stereocenters. The highest BCUT2D eigenvalue weighted by Gasteiger charge is 2.21. The van der Waals surface area contributed by atoms with Crippen molar-refractivity contribution < 1.29 is 4.79 Å². The molecule has 0 bridgehead atoms. The van der Waals surface area contributed by atoms with Gasteiger partial charge in [-0.25, -0.2) is 0 Å². The van der Waals surface area contributed by atoms with E-state index in [0.717, 1.165) is 32.6 Å². The van der Waals surface area contributed by atoms with Gasteiger partial charge in [0.15, 0.2) is 0 Å². The summed E-state index contributed by atoms with van der Waals surface area (Å²) in [6, 6.07) is 18.9. The normalized spacial score (nSPS) is 14.5.